The van der Waals surface area contributed by atoms with Crippen LogP contribution in [-0.4, -0.2) is 43.3 Å². The van der Waals surface area contributed by atoms with Crippen molar-refractivity contribution in [1.29, 1.82) is 0 Å². The average Bonchev–Trinajstić information content (AvgIpc) is 2.42. The van der Waals surface area contributed by atoms with E-state index >= 15 is 0 Å². The Hall–Kier alpha value is -1.36. The largest absolute Gasteiger partial charge is 0.381 e. The topological polar surface area (TPSA) is 50.3 Å². The van der Waals surface area contributed by atoms with E-state index in [0.717, 1.165) is 43.5 Å². The normalized spacial score (nSPS) is 19.2. The second-order valence-electron chi connectivity index (χ2n) is 5.16. The summed E-state index contributed by atoms with van der Waals surface area (Å²) >= 11 is 0. The Morgan fingerprint density at radius 2 is 2.32 bits per heavy atom. The summed E-state index contributed by atoms with van der Waals surface area (Å²) in [6.07, 6.45) is 4.05. The zero-order chi connectivity index (χ0) is 13.7. The average molecular weight is 264 g/mol. The van der Waals surface area contributed by atoms with Crippen LogP contribution in [0.1, 0.15) is 25.3 Å². The number of ether oxygens (including phenoxy) is 1. The van der Waals surface area contributed by atoms with Crippen molar-refractivity contribution in [3.05, 3.63) is 11.9 Å². The fourth-order valence-corrected chi connectivity index (χ4v) is 2.60. The number of hydrogen-bond donors (Lipinski definition) is 1. The molecule has 0 aromatic carbocycles. The van der Waals surface area contributed by atoms with Gasteiger partial charge in [-0.3, -0.25) is 0 Å². The van der Waals surface area contributed by atoms with E-state index in [1.54, 1.807) is 6.33 Å². The lowest BCUT2D eigenvalue weighted by Gasteiger charge is -2.28. The van der Waals surface area contributed by atoms with Crippen LogP contribution < -0.4 is 10.2 Å². The van der Waals surface area contributed by atoms with Crippen molar-refractivity contribution in [2.45, 2.75) is 26.7 Å². The molecule has 0 radical (unpaired) electrons. The first-order valence-corrected chi connectivity index (χ1v) is 7.06. The second kappa shape index (κ2) is 6.70. The Bertz CT molecular complexity index is 404. The maximum absolute atomic E-state index is 5.54. The molecule has 0 aliphatic carbocycles. The van der Waals surface area contributed by atoms with Gasteiger partial charge in [0.2, 0.25) is 0 Å². The molecule has 1 fully saturated rings. The number of rotatable bonds is 5. The summed E-state index contributed by atoms with van der Waals surface area (Å²) in [4.78, 5) is 10.9. The molecule has 19 heavy (non-hydrogen) atoms. The first-order chi connectivity index (χ1) is 9.22. The monoisotopic (exact) mass is 264 g/mol. The summed E-state index contributed by atoms with van der Waals surface area (Å²) < 4.78 is 5.54. The minimum absolute atomic E-state index is 0.607. The van der Waals surface area contributed by atoms with Gasteiger partial charge < -0.3 is 15.0 Å². The predicted octanol–water partition coefficient (Wildman–Crippen LogP) is 2.08. The highest BCUT2D eigenvalue weighted by Crippen LogP contribution is 2.23. The first kappa shape index (κ1) is 14.1. The molecule has 2 rings (SSSR count). The van der Waals surface area contributed by atoms with Crippen LogP contribution in [0.4, 0.5) is 11.6 Å². The highest BCUT2D eigenvalue weighted by atomic mass is 16.5. The van der Waals surface area contributed by atoms with Gasteiger partial charge in [-0.05, 0) is 32.6 Å². The van der Waals surface area contributed by atoms with E-state index in [4.69, 9.17) is 4.74 Å². The molecule has 1 aliphatic rings. The van der Waals surface area contributed by atoms with Crippen LogP contribution in [0.5, 0.6) is 0 Å². The molecule has 1 aromatic heterocycles. The van der Waals surface area contributed by atoms with Gasteiger partial charge in [-0.2, -0.15) is 0 Å². The summed E-state index contributed by atoms with van der Waals surface area (Å²) in [5, 5.41) is 3.27. The van der Waals surface area contributed by atoms with Crippen LogP contribution in [0.25, 0.3) is 0 Å². The van der Waals surface area contributed by atoms with E-state index in [-0.39, 0.29) is 0 Å². The fraction of sp³-hybridized carbons (Fsp3) is 0.714. The highest BCUT2D eigenvalue weighted by Gasteiger charge is 2.18. The number of anilines is 2. The molecule has 1 aromatic rings. The first-order valence-electron chi connectivity index (χ1n) is 7.06. The Morgan fingerprint density at radius 1 is 1.47 bits per heavy atom. The molecule has 1 atom stereocenters. The molecule has 106 valence electrons. The molecule has 5 nitrogen and oxygen atoms in total. The molecular weight excluding hydrogens is 240 g/mol. The number of aromatic nitrogens is 2. The third-order valence-electron chi connectivity index (χ3n) is 3.55. The zero-order valence-corrected chi connectivity index (χ0v) is 12.1. The molecule has 2 heterocycles. The van der Waals surface area contributed by atoms with Crippen molar-refractivity contribution >= 4 is 11.6 Å². The van der Waals surface area contributed by atoms with E-state index < -0.39 is 0 Å². The Balaban J connectivity index is 2.05. The molecule has 0 amide bonds. The number of hydrogen-bond acceptors (Lipinski definition) is 5. The lowest BCUT2D eigenvalue weighted by atomic mass is 10.0. The molecule has 1 N–H and O–H groups in total. The van der Waals surface area contributed by atoms with Gasteiger partial charge in [0.1, 0.15) is 18.0 Å². The lowest BCUT2D eigenvalue weighted by molar-refractivity contribution is 0.0576. The maximum atomic E-state index is 5.54. The molecule has 1 aliphatic heterocycles. The van der Waals surface area contributed by atoms with Gasteiger partial charge >= 0.3 is 0 Å². The van der Waals surface area contributed by atoms with Crippen molar-refractivity contribution in [2.24, 2.45) is 5.92 Å². The van der Waals surface area contributed by atoms with Crippen LogP contribution in [0, 0.1) is 12.8 Å². The summed E-state index contributed by atoms with van der Waals surface area (Å²) in [5.74, 6) is 2.55. The molecule has 0 bridgehead atoms. The summed E-state index contributed by atoms with van der Waals surface area (Å²) in [6.45, 7) is 7.79. The van der Waals surface area contributed by atoms with Crippen LogP contribution in [0.15, 0.2) is 6.33 Å². The smallest absolute Gasteiger partial charge is 0.136 e. The SMILES string of the molecule is CCNc1ncnc(N(C)CC2CCCOC2)c1C. The minimum atomic E-state index is 0.607. The summed E-state index contributed by atoms with van der Waals surface area (Å²) in [5.41, 5.74) is 1.11. The van der Waals surface area contributed by atoms with E-state index in [1.165, 1.54) is 12.8 Å². The summed E-state index contributed by atoms with van der Waals surface area (Å²) in [7, 11) is 2.10. The van der Waals surface area contributed by atoms with Crippen molar-refractivity contribution in [3.63, 3.8) is 0 Å². The van der Waals surface area contributed by atoms with E-state index in [2.05, 4.69) is 41.1 Å². The predicted molar refractivity (Wildman–Crippen MR) is 77.7 cm³/mol. The molecule has 5 heteroatoms. The quantitative estimate of drug-likeness (QED) is 0.882. The van der Waals surface area contributed by atoms with Crippen molar-refractivity contribution in [3.8, 4) is 0 Å². The molecular formula is C14H24N4O. The van der Waals surface area contributed by atoms with Crippen molar-refractivity contribution < 1.29 is 4.74 Å². The fourth-order valence-electron chi connectivity index (χ4n) is 2.60. The van der Waals surface area contributed by atoms with Gasteiger partial charge in [-0.1, -0.05) is 0 Å². The molecule has 1 unspecified atom stereocenters. The molecule has 0 saturated carbocycles. The van der Waals surface area contributed by atoms with Crippen molar-refractivity contribution in [2.75, 3.05) is 43.6 Å². The van der Waals surface area contributed by atoms with E-state index in [0.29, 0.717) is 5.92 Å². The van der Waals surface area contributed by atoms with Crippen LogP contribution >= 0.6 is 0 Å². The van der Waals surface area contributed by atoms with Crippen LogP contribution in [-0.2, 0) is 4.74 Å². The number of nitrogens with zero attached hydrogens (tertiary/aromatic N) is 3. The third kappa shape index (κ3) is 3.56. The second-order valence-corrected chi connectivity index (χ2v) is 5.16. The number of nitrogens with one attached hydrogen (secondary N) is 1. The molecule has 1 saturated heterocycles. The van der Waals surface area contributed by atoms with Gasteiger partial charge in [-0.15, -0.1) is 0 Å². The lowest BCUT2D eigenvalue weighted by Crippen LogP contribution is -2.31. The van der Waals surface area contributed by atoms with Gasteiger partial charge in [0.15, 0.2) is 0 Å². The van der Waals surface area contributed by atoms with Gasteiger partial charge in [0.25, 0.3) is 0 Å². The Kier molecular flexibility index (Phi) is 4.96. The minimum Gasteiger partial charge on any atom is -0.381 e. The van der Waals surface area contributed by atoms with Crippen LogP contribution in [0.3, 0.4) is 0 Å². The van der Waals surface area contributed by atoms with E-state index in [1.807, 2.05) is 0 Å². The van der Waals surface area contributed by atoms with Gasteiger partial charge in [0, 0.05) is 32.3 Å². The van der Waals surface area contributed by atoms with E-state index in [9.17, 15) is 0 Å². The van der Waals surface area contributed by atoms with Gasteiger partial charge in [0.05, 0.1) is 6.61 Å². The summed E-state index contributed by atoms with van der Waals surface area (Å²) in [6, 6.07) is 0. The molecule has 0 spiro atoms. The Labute approximate surface area is 115 Å². The Morgan fingerprint density at radius 3 is 3.00 bits per heavy atom. The maximum Gasteiger partial charge on any atom is 0.136 e. The van der Waals surface area contributed by atoms with Crippen molar-refractivity contribution in [1.82, 2.24) is 9.97 Å². The van der Waals surface area contributed by atoms with Gasteiger partial charge in [-0.25, -0.2) is 9.97 Å². The highest BCUT2D eigenvalue weighted by molar-refractivity contribution is 5.57. The standard InChI is InChI=1S/C14H24N4O/c1-4-15-13-11(2)14(17-10-16-13)18(3)8-12-6-5-7-19-9-12/h10,12H,4-9H2,1-3H3,(H,15,16,17). The zero-order valence-electron chi connectivity index (χ0n) is 12.1. The van der Waals surface area contributed by atoms with Crippen LogP contribution in [0.2, 0.25) is 0 Å². The third-order valence-corrected chi connectivity index (χ3v) is 3.55.